The Morgan fingerprint density at radius 2 is 1.97 bits per heavy atom. The summed E-state index contributed by atoms with van der Waals surface area (Å²) in [4.78, 5) is 14.6. The van der Waals surface area contributed by atoms with Gasteiger partial charge in [-0.3, -0.25) is 4.99 Å². The van der Waals surface area contributed by atoms with Gasteiger partial charge in [0.2, 0.25) is 0 Å². The van der Waals surface area contributed by atoms with Crippen LogP contribution < -0.4 is 5.32 Å². The average Bonchev–Trinajstić information content (AvgIpc) is 3.16. The van der Waals surface area contributed by atoms with Crippen LogP contribution in [0.4, 0.5) is 0 Å². The summed E-state index contributed by atoms with van der Waals surface area (Å²) in [6, 6.07) is 17.5. The molecule has 3 aromatic rings. The Morgan fingerprint density at radius 3 is 2.69 bits per heavy atom. The predicted molar refractivity (Wildman–Crippen MR) is 129 cm³/mol. The third-order valence-corrected chi connectivity index (χ3v) is 4.37. The SMILES string of the molecule is CCNC(=NCCc1cccc(O)c1)N(C)Cc1ncc(-c2ccccc2)[nH]1.I. The summed E-state index contributed by atoms with van der Waals surface area (Å²) >= 11 is 0. The zero-order chi connectivity index (χ0) is 19.8. The number of rotatable bonds is 7. The van der Waals surface area contributed by atoms with Crippen molar-refractivity contribution in [2.24, 2.45) is 4.99 Å². The second-order valence-corrected chi connectivity index (χ2v) is 6.62. The van der Waals surface area contributed by atoms with E-state index in [0.717, 1.165) is 41.6 Å². The molecule has 0 aliphatic rings. The molecule has 29 heavy (non-hydrogen) atoms. The lowest BCUT2D eigenvalue weighted by Crippen LogP contribution is -2.38. The zero-order valence-corrected chi connectivity index (χ0v) is 19.1. The smallest absolute Gasteiger partial charge is 0.194 e. The Morgan fingerprint density at radius 1 is 1.17 bits per heavy atom. The van der Waals surface area contributed by atoms with Gasteiger partial charge in [-0.05, 0) is 36.6 Å². The molecule has 0 aliphatic heterocycles. The number of guanidine groups is 1. The first-order chi connectivity index (χ1) is 13.7. The van der Waals surface area contributed by atoms with Gasteiger partial charge in [-0.1, -0.05) is 42.5 Å². The monoisotopic (exact) mass is 505 g/mol. The first-order valence-corrected chi connectivity index (χ1v) is 9.52. The fourth-order valence-corrected chi connectivity index (χ4v) is 2.98. The molecule has 0 spiro atoms. The summed E-state index contributed by atoms with van der Waals surface area (Å²) < 4.78 is 0. The fraction of sp³-hybridized carbons (Fsp3) is 0.273. The van der Waals surface area contributed by atoms with Crippen LogP contribution in [-0.2, 0) is 13.0 Å². The van der Waals surface area contributed by atoms with Crippen LogP contribution in [-0.4, -0.2) is 46.1 Å². The maximum Gasteiger partial charge on any atom is 0.194 e. The minimum Gasteiger partial charge on any atom is -0.508 e. The number of aromatic amines is 1. The maximum absolute atomic E-state index is 9.58. The van der Waals surface area contributed by atoms with Crippen LogP contribution in [0.25, 0.3) is 11.3 Å². The number of nitrogens with zero attached hydrogens (tertiary/aromatic N) is 3. The van der Waals surface area contributed by atoms with Gasteiger partial charge in [0.15, 0.2) is 5.96 Å². The molecule has 0 saturated carbocycles. The van der Waals surface area contributed by atoms with Crippen molar-refractivity contribution in [3.63, 3.8) is 0 Å². The third-order valence-electron chi connectivity index (χ3n) is 4.37. The number of hydrogen-bond acceptors (Lipinski definition) is 3. The van der Waals surface area contributed by atoms with E-state index in [1.165, 1.54) is 0 Å². The highest BCUT2D eigenvalue weighted by atomic mass is 127. The highest BCUT2D eigenvalue weighted by Crippen LogP contribution is 2.16. The van der Waals surface area contributed by atoms with Crippen molar-refractivity contribution < 1.29 is 5.11 Å². The van der Waals surface area contributed by atoms with Crippen LogP contribution in [0.15, 0.2) is 65.8 Å². The van der Waals surface area contributed by atoms with E-state index in [0.29, 0.717) is 13.1 Å². The van der Waals surface area contributed by atoms with Crippen molar-refractivity contribution in [3.05, 3.63) is 72.2 Å². The van der Waals surface area contributed by atoms with Crippen LogP contribution in [0.5, 0.6) is 5.75 Å². The number of benzene rings is 2. The molecule has 3 rings (SSSR count). The van der Waals surface area contributed by atoms with Crippen LogP contribution in [0.1, 0.15) is 18.3 Å². The summed E-state index contributed by atoms with van der Waals surface area (Å²) in [5.41, 5.74) is 3.20. The summed E-state index contributed by atoms with van der Waals surface area (Å²) in [5, 5.41) is 12.9. The van der Waals surface area contributed by atoms with Gasteiger partial charge in [-0.15, -0.1) is 24.0 Å². The minimum atomic E-state index is 0. The topological polar surface area (TPSA) is 76.5 Å². The lowest BCUT2D eigenvalue weighted by Gasteiger charge is -2.21. The second-order valence-electron chi connectivity index (χ2n) is 6.62. The van der Waals surface area contributed by atoms with E-state index >= 15 is 0 Å². The molecule has 0 unspecified atom stereocenters. The molecule has 0 bridgehead atoms. The van der Waals surface area contributed by atoms with Gasteiger partial charge in [-0.2, -0.15) is 0 Å². The highest BCUT2D eigenvalue weighted by Gasteiger charge is 2.10. The van der Waals surface area contributed by atoms with Crippen molar-refractivity contribution in [1.29, 1.82) is 0 Å². The van der Waals surface area contributed by atoms with Crippen LogP contribution in [0.2, 0.25) is 0 Å². The van der Waals surface area contributed by atoms with Crippen LogP contribution in [0, 0.1) is 0 Å². The van der Waals surface area contributed by atoms with Gasteiger partial charge in [-0.25, -0.2) is 4.98 Å². The molecule has 0 atom stereocenters. The molecule has 1 aromatic heterocycles. The largest absolute Gasteiger partial charge is 0.508 e. The molecule has 0 saturated heterocycles. The Balaban J connectivity index is 0.00000300. The Labute approximate surface area is 189 Å². The first kappa shape index (κ1) is 22.7. The number of phenols is 1. The number of hydrogen-bond donors (Lipinski definition) is 3. The molecule has 2 aromatic carbocycles. The molecular formula is C22H28IN5O. The van der Waals surface area contributed by atoms with Gasteiger partial charge in [0.25, 0.3) is 0 Å². The molecular weight excluding hydrogens is 477 g/mol. The van der Waals surface area contributed by atoms with Gasteiger partial charge >= 0.3 is 0 Å². The van der Waals surface area contributed by atoms with Crippen molar-refractivity contribution in [3.8, 4) is 17.0 Å². The van der Waals surface area contributed by atoms with E-state index in [2.05, 4.69) is 39.2 Å². The van der Waals surface area contributed by atoms with Gasteiger partial charge in [0.1, 0.15) is 11.6 Å². The van der Waals surface area contributed by atoms with Gasteiger partial charge in [0.05, 0.1) is 18.4 Å². The Bertz CT molecular complexity index is 910. The van der Waals surface area contributed by atoms with E-state index in [1.807, 2.05) is 43.6 Å². The van der Waals surface area contributed by atoms with E-state index < -0.39 is 0 Å². The number of nitrogens with one attached hydrogen (secondary N) is 2. The molecule has 0 amide bonds. The Hall–Kier alpha value is -2.55. The second kappa shape index (κ2) is 11.5. The summed E-state index contributed by atoms with van der Waals surface area (Å²) in [6.07, 6.45) is 2.64. The van der Waals surface area contributed by atoms with Crippen LogP contribution >= 0.6 is 24.0 Å². The number of halogens is 1. The molecule has 3 N–H and O–H groups in total. The maximum atomic E-state index is 9.58. The normalized spacial score (nSPS) is 11.0. The first-order valence-electron chi connectivity index (χ1n) is 9.52. The molecule has 1 heterocycles. The van der Waals surface area contributed by atoms with Gasteiger partial charge in [0, 0.05) is 20.1 Å². The molecule has 0 fully saturated rings. The van der Waals surface area contributed by atoms with Crippen molar-refractivity contribution in [1.82, 2.24) is 20.2 Å². The number of aromatic hydroxyl groups is 1. The molecule has 7 heteroatoms. The predicted octanol–water partition coefficient (Wildman–Crippen LogP) is 4.04. The quantitative estimate of drug-likeness (QED) is 0.258. The number of H-pyrrole nitrogens is 1. The highest BCUT2D eigenvalue weighted by molar-refractivity contribution is 14.0. The van der Waals surface area contributed by atoms with Crippen molar-refractivity contribution >= 4 is 29.9 Å². The molecule has 0 radical (unpaired) electrons. The van der Waals surface area contributed by atoms with E-state index in [4.69, 9.17) is 4.99 Å². The standard InChI is InChI=1S/C22H27N5O.HI/c1-3-23-22(24-13-12-17-8-7-11-19(28)14-17)27(2)16-21-25-15-20(26-21)18-9-5-4-6-10-18;/h4-11,14-15,28H,3,12-13,16H2,1-2H3,(H,23,24)(H,25,26);1H. The zero-order valence-electron chi connectivity index (χ0n) is 16.8. The number of phenolic OH excluding ortho intramolecular Hbond substituents is 1. The summed E-state index contributed by atoms with van der Waals surface area (Å²) in [7, 11) is 2.00. The number of aliphatic imine (C=N–C) groups is 1. The lowest BCUT2D eigenvalue weighted by atomic mass is 10.1. The van der Waals surface area contributed by atoms with Crippen molar-refractivity contribution in [2.45, 2.75) is 19.9 Å². The van der Waals surface area contributed by atoms with Crippen LogP contribution in [0.3, 0.4) is 0 Å². The fourth-order valence-electron chi connectivity index (χ4n) is 2.98. The summed E-state index contributed by atoms with van der Waals surface area (Å²) in [5.74, 6) is 2.01. The van der Waals surface area contributed by atoms with Crippen molar-refractivity contribution in [2.75, 3.05) is 20.1 Å². The van der Waals surface area contributed by atoms with E-state index in [-0.39, 0.29) is 29.7 Å². The Kier molecular flexibility index (Phi) is 8.98. The third kappa shape index (κ3) is 6.77. The molecule has 0 aliphatic carbocycles. The minimum absolute atomic E-state index is 0. The number of imidazole rings is 1. The molecule has 154 valence electrons. The summed E-state index contributed by atoms with van der Waals surface area (Å²) in [6.45, 7) is 4.12. The van der Waals surface area contributed by atoms with E-state index in [9.17, 15) is 5.11 Å². The average molecular weight is 505 g/mol. The van der Waals surface area contributed by atoms with Gasteiger partial charge < -0.3 is 20.3 Å². The molecule has 6 nitrogen and oxygen atoms in total. The lowest BCUT2D eigenvalue weighted by molar-refractivity contribution is 0.464. The van der Waals surface area contributed by atoms with E-state index in [1.54, 1.807) is 12.1 Å². The number of aromatic nitrogens is 2.